The minimum Gasteiger partial charge on any atom is -0.351 e. The molecule has 1 unspecified atom stereocenters. The van der Waals surface area contributed by atoms with Crippen LogP contribution in [0.5, 0.6) is 0 Å². The van der Waals surface area contributed by atoms with Gasteiger partial charge in [0, 0.05) is 26.2 Å². The molecule has 0 radical (unpaired) electrons. The molecule has 0 aromatic heterocycles. The topological polar surface area (TPSA) is 69.7 Å². The lowest BCUT2D eigenvalue weighted by molar-refractivity contribution is -0.137. The summed E-state index contributed by atoms with van der Waals surface area (Å²) in [5.74, 6) is -0.238. The minimum atomic E-state index is -4.43. The maximum atomic E-state index is 13.3. The summed E-state index contributed by atoms with van der Waals surface area (Å²) in [6, 6.07) is 10.2. The standard InChI is InChI=1S/C23H28F3N3O3S/c1-16(2)18-6-10-20(11-7-18)33(31,32)29-13-12-28(3)15-21(29)22(30)27-14-17-4-8-19(9-5-17)23(24,25)26/h4-11,16,21H,12-15H2,1-3H3,(H,27,30). The summed E-state index contributed by atoms with van der Waals surface area (Å²) in [5, 5.41) is 2.67. The quantitative estimate of drug-likeness (QED) is 0.684. The van der Waals surface area contributed by atoms with Crippen molar-refractivity contribution in [2.45, 2.75) is 43.4 Å². The van der Waals surface area contributed by atoms with Gasteiger partial charge in [0.1, 0.15) is 6.04 Å². The average Bonchev–Trinajstić information content (AvgIpc) is 2.77. The van der Waals surface area contributed by atoms with Gasteiger partial charge in [-0.05, 0) is 48.4 Å². The number of halogens is 3. The zero-order valence-corrected chi connectivity index (χ0v) is 19.6. The van der Waals surface area contributed by atoms with Crippen LogP contribution in [0.4, 0.5) is 13.2 Å². The number of sulfonamides is 1. The van der Waals surface area contributed by atoms with Gasteiger partial charge >= 0.3 is 6.18 Å². The highest BCUT2D eigenvalue weighted by Crippen LogP contribution is 2.29. The molecule has 1 aliphatic heterocycles. The fraction of sp³-hybridized carbons (Fsp3) is 0.435. The Kier molecular flexibility index (Phi) is 7.50. The molecule has 180 valence electrons. The second-order valence-corrected chi connectivity index (χ2v) is 10.4. The lowest BCUT2D eigenvalue weighted by atomic mass is 10.0. The molecule has 1 heterocycles. The van der Waals surface area contributed by atoms with Crippen LogP contribution in [-0.2, 0) is 27.5 Å². The van der Waals surface area contributed by atoms with Gasteiger partial charge in [-0.25, -0.2) is 8.42 Å². The van der Waals surface area contributed by atoms with E-state index in [1.165, 1.54) is 16.4 Å². The number of hydrogen-bond donors (Lipinski definition) is 1. The summed E-state index contributed by atoms with van der Waals surface area (Å²) < 4.78 is 66.0. The zero-order chi connectivity index (χ0) is 24.4. The molecule has 2 aromatic rings. The maximum Gasteiger partial charge on any atom is 0.416 e. The molecule has 0 aliphatic carbocycles. The number of benzene rings is 2. The van der Waals surface area contributed by atoms with Gasteiger partial charge in [0.15, 0.2) is 0 Å². The summed E-state index contributed by atoms with van der Waals surface area (Å²) in [6.45, 7) is 4.87. The summed E-state index contributed by atoms with van der Waals surface area (Å²) in [7, 11) is -2.10. The number of carbonyl (C=O) groups excluding carboxylic acids is 1. The molecule has 33 heavy (non-hydrogen) atoms. The number of rotatable bonds is 6. The number of alkyl halides is 3. The van der Waals surface area contributed by atoms with Gasteiger partial charge < -0.3 is 10.2 Å². The number of nitrogens with one attached hydrogen (secondary N) is 1. The van der Waals surface area contributed by atoms with Crippen LogP contribution in [0.15, 0.2) is 53.4 Å². The Bertz CT molecular complexity index is 1070. The summed E-state index contributed by atoms with van der Waals surface area (Å²) in [4.78, 5) is 14.9. The number of nitrogens with zero attached hydrogens (tertiary/aromatic N) is 2. The zero-order valence-electron chi connectivity index (χ0n) is 18.8. The Morgan fingerprint density at radius 2 is 1.67 bits per heavy atom. The van der Waals surface area contributed by atoms with Crippen molar-refractivity contribution in [2.75, 3.05) is 26.7 Å². The number of carbonyl (C=O) groups is 1. The first-order valence-electron chi connectivity index (χ1n) is 10.6. The lowest BCUT2D eigenvalue weighted by Gasteiger charge is -2.38. The third-order valence-electron chi connectivity index (χ3n) is 5.74. The van der Waals surface area contributed by atoms with Gasteiger partial charge in [0.2, 0.25) is 15.9 Å². The molecular formula is C23H28F3N3O3S. The minimum absolute atomic E-state index is 0.00580. The molecule has 1 aliphatic rings. The summed E-state index contributed by atoms with van der Waals surface area (Å²) >= 11 is 0. The number of amides is 1. The predicted molar refractivity (Wildman–Crippen MR) is 119 cm³/mol. The Morgan fingerprint density at radius 3 is 2.21 bits per heavy atom. The van der Waals surface area contributed by atoms with Gasteiger partial charge in [0.05, 0.1) is 10.5 Å². The molecular weight excluding hydrogens is 455 g/mol. The highest BCUT2D eigenvalue weighted by molar-refractivity contribution is 7.89. The van der Waals surface area contributed by atoms with Crippen molar-refractivity contribution in [2.24, 2.45) is 0 Å². The SMILES string of the molecule is CC(C)c1ccc(S(=O)(=O)N2CCN(C)CC2C(=O)NCc2ccc(C(F)(F)F)cc2)cc1. The monoisotopic (exact) mass is 483 g/mol. The van der Waals surface area contributed by atoms with Gasteiger partial charge in [-0.15, -0.1) is 0 Å². The molecule has 1 amide bonds. The van der Waals surface area contributed by atoms with E-state index in [2.05, 4.69) is 5.32 Å². The third-order valence-corrected chi connectivity index (χ3v) is 7.66. The fourth-order valence-corrected chi connectivity index (χ4v) is 5.25. The summed E-state index contributed by atoms with van der Waals surface area (Å²) in [5.41, 5.74) is 0.726. The molecule has 10 heteroatoms. The van der Waals surface area contributed by atoms with Gasteiger partial charge in [0.25, 0.3) is 0 Å². The third kappa shape index (κ3) is 5.93. The molecule has 3 rings (SSSR count). The number of hydrogen-bond acceptors (Lipinski definition) is 4. The molecule has 0 saturated carbocycles. The first-order chi connectivity index (χ1) is 15.4. The molecule has 0 spiro atoms. The summed E-state index contributed by atoms with van der Waals surface area (Å²) in [6.07, 6.45) is -4.43. The highest BCUT2D eigenvalue weighted by atomic mass is 32.2. The van der Waals surface area contributed by atoms with Crippen molar-refractivity contribution in [1.82, 2.24) is 14.5 Å². The molecule has 2 aromatic carbocycles. The molecule has 1 saturated heterocycles. The van der Waals surface area contributed by atoms with E-state index in [0.29, 0.717) is 12.1 Å². The predicted octanol–water partition coefficient (Wildman–Crippen LogP) is 3.45. The highest BCUT2D eigenvalue weighted by Gasteiger charge is 2.39. The van der Waals surface area contributed by atoms with Crippen LogP contribution < -0.4 is 5.32 Å². The van der Waals surface area contributed by atoms with Crippen LogP contribution in [-0.4, -0.2) is 56.3 Å². The molecule has 1 fully saturated rings. The largest absolute Gasteiger partial charge is 0.416 e. The van der Waals surface area contributed by atoms with E-state index in [9.17, 15) is 26.4 Å². The number of piperazine rings is 1. The van der Waals surface area contributed by atoms with E-state index < -0.39 is 33.7 Å². The molecule has 6 nitrogen and oxygen atoms in total. The van der Waals surface area contributed by atoms with Crippen molar-refractivity contribution < 1.29 is 26.4 Å². The average molecular weight is 484 g/mol. The van der Waals surface area contributed by atoms with E-state index in [1.54, 1.807) is 31.3 Å². The molecule has 1 atom stereocenters. The molecule has 0 bridgehead atoms. The van der Waals surface area contributed by atoms with Gasteiger partial charge in [-0.1, -0.05) is 38.1 Å². The fourth-order valence-electron chi connectivity index (χ4n) is 3.68. The van der Waals surface area contributed by atoms with Crippen molar-refractivity contribution in [3.63, 3.8) is 0 Å². The van der Waals surface area contributed by atoms with E-state index in [1.807, 2.05) is 18.7 Å². The Balaban J connectivity index is 1.75. The molecule has 1 N–H and O–H groups in total. The lowest BCUT2D eigenvalue weighted by Crippen LogP contribution is -2.59. The van der Waals surface area contributed by atoms with E-state index in [4.69, 9.17) is 0 Å². The van der Waals surface area contributed by atoms with Crippen LogP contribution in [0.2, 0.25) is 0 Å². The van der Waals surface area contributed by atoms with Crippen LogP contribution in [0, 0.1) is 0 Å². The Labute approximate surface area is 192 Å². The van der Waals surface area contributed by atoms with Crippen molar-refractivity contribution in [3.8, 4) is 0 Å². The second kappa shape index (κ2) is 9.82. The van der Waals surface area contributed by atoms with Crippen LogP contribution in [0.1, 0.15) is 36.5 Å². The van der Waals surface area contributed by atoms with Crippen molar-refractivity contribution in [1.29, 1.82) is 0 Å². The first-order valence-corrected chi connectivity index (χ1v) is 12.1. The van der Waals surface area contributed by atoms with Gasteiger partial charge in [-0.3, -0.25) is 4.79 Å². The van der Waals surface area contributed by atoms with Crippen molar-refractivity contribution in [3.05, 3.63) is 65.2 Å². The van der Waals surface area contributed by atoms with Gasteiger partial charge in [-0.2, -0.15) is 17.5 Å². The smallest absolute Gasteiger partial charge is 0.351 e. The Morgan fingerprint density at radius 1 is 1.06 bits per heavy atom. The van der Waals surface area contributed by atoms with Crippen LogP contribution >= 0.6 is 0 Å². The van der Waals surface area contributed by atoms with E-state index >= 15 is 0 Å². The van der Waals surface area contributed by atoms with E-state index in [0.717, 1.165) is 17.7 Å². The normalized spacial score (nSPS) is 18.5. The second-order valence-electron chi connectivity index (χ2n) is 8.53. The first kappa shape index (κ1) is 25.2. The van der Waals surface area contributed by atoms with Crippen LogP contribution in [0.3, 0.4) is 0 Å². The van der Waals surface area contributed by atoms with Crippen LogP contribution in [0.25, 0.3) is 0 Å². The van der Waals surface area contributed by atoms with E-state index in [-0.39, 0.29) is 30.4 Å². The number of likely N-dealkylation sites (N-methyl/N-ethyl adjacent to an activating group) is 1. The maximum absolute atomic E-state index is 13.3. The van der Waals surface area contributed by atoms with Crippen molar-refractivity contribution >= 4 is 15.9 Å². The Hall–Kier alpha value is -2.43.